The Morgan fingerprint density at radius 2 is 2.14 bits per heavy atom. The van der Waals surface area contributed by atoms with Crippen LogP contribution in [0.25, 0.3) is 6.08 Å². The van der Waals surface area contributed by atoms with E-state index in [0.717, 1.165) is 36.1 Å². The van der Waals surface area contributed by atoms with Gasteiger partial charge in [0.05, 0.1) is 11.6 Å². The SMILES string of the molecule is CCC\C=N/C=C(\C=C/c1ccc(C#N)cc1C/C(=C/C=N)NC)CC(C)C. The zero-order valence-corrected chi connectivity index (χ0v) is 17.5. The third-order valence-electron chi connectivity index (χ3n) is 4.14. The lowest BCUT2D eigenvalue weighted by atomic mass is 9.97. The molecular weight excluding hydrogens is 344 g/mol. The average Bonchev–Trinajstić information content (AvgIpc) is 2.68. The summed E-state index contributed by atoms with van der Waals surface area (Å²) in [4.78, 5) is 4.44. The van der Waals surface area contributed by atoms with E-state index >= 15 is 0 Å². The Labute approximate surface area is 169 Å². The van der Waals surface area contributed by atoms with Crippen molar-refractivity contribution in [3.8, 4) is 6.07 Å². The van der Waals surface area contributed by atoms with E-state index in [-0.39, 0.29) is 0 Å². The van der Waals surface area contributed by atoms with E-state index in [0.29, 0.717) is 17.9 Å². The molecule has 0 aliphatic carbocycles. The van der Waals surface area contributed by atoms with Crippen molar-refractivity contribution in [2.24, 2.45) is 10.9 Å². The minimum absolute atomic E-state index is 0.545. The van der Waals surface area contributed by atoms with Crippen LogP contribution in [0.3, 0.4) is 0 Å². The molecule has 0 bridgehead atoms. The van der Waals surface area contributed by atoms with Gasteiger partial charge in [-0.15, -0.1) is 0 Å². The average molecular weight is 377 g/mol. The molecule has 148 valence electrons. The van der Waals surface area contributed by atoms with Crippen LogP contribution in [-0.2, 0) is 6.42 Å². The van der Waals surface area contributed by atoms with E-state index in [2.05, 4.69) is 49.3 Å². The largest absolute Gasteiger partial charge is 0.391 e. The number of nitriles is 1. The smallest absolute Gasteiger partial charge is 0.0991 e. The van der Waals surface area contributed by atoms with E-state index in [4.69, 9.17) is 5.41 Å². The Morgan fingerprint density at radius 3 is 2.75 bits per heavy atom. The molecule has 0 aliphatic rings. The number of hydrogen-bond acceptors (Lipinski definition) is 4. The first-order chi connectivity index (χ1) is 13.5. The molecule has 0 fully saturated rings. The summed E-state index contributed by atoms with van der Waals surface area (Å²) in [6.07, 6.45) is 14.8. The first-order valence-corrected chi connectivity index (χ1v) is 9.83. The summed E-state index contributed by atoms with van der Waals surface area (Å²) in [6, 6.07) is 7.95. The molecule has 0 unspecified atom stereocenters. The summed E-state index contributed by atoms with van der Waals surface area (Å²) >= 11 is 0. The lowest BCUT2D eigenvalue weighted by Gasteiger charge is -2.11. The highest BCUT2D eigenvalue weighted by Gasteiger charge is 2.05. The van der Waals surface area contributed by atoms with Gasteiger partial charge in [-0.25, -0.2) is 0 Å². The summed E-state index contributed by atoms with van der Waals surface area (Å²) in [5.74, 6) is 0.545. The molecular formula is C24H32N4. The standard InChI is InChI=1S/C24H32N4/c1-5-6-13-28-18-21(14-19(2)3)8-10-22-9-7-20(17-26)15-23(22)16-24(27-4)11-12-25/h7-13,15,18-19,25,27H,5-6,14,16H2,1-4H3/b10-8-,21-18+,24-11-,25-12?,28-13-. The van der Waals surface area contributed by atoms with Gasteiger partial charge in [0.1, 0.15) is 0 Å². The first-order valence-electron chi connectivity index (χ1n) is 9.83. The van der Waals surface area contributed by atoms with Crippen molar-refractivity contribution in [3.05, 3.63) is 64.5 Å². The lowest BCUT2D eigenvalue weighted by molar-refractivity contribution is 0.649. The zero-order valence-electron chi connectivity index (χ0n) is 17.5. The van der Waals surface area contributed by atoms with E-state index in [1.54, 1.807) is 6.08 Å². The number of rotatable bonds is 11. The molecule has 0 aliphatic heterocycles. The Morgan fingerprint density at radius 1 is 1.36 bits per heavy atom. The maximum Gasteiger partial charge on any atom is 0.0991 e. The second-order valence-electron chi connectivity index (χ2n) is 7.07. The first kappa shape index (κ1) is 23.1. The fourth-order valence-corrected chi connectivity index (χ4v) is 2.71. The van der Waals surface area contributed by atoms with Crippen molar-refractivity contribution in [1.29, 1.82) is 10.7 Å². The number of likely N-dealkylation sites (N-methyl/N-ethyl adjacent to an activating group) is 1. The molecule has 1 rings (SSSR count). The maximum atomic E-state index is 9.25. The Hall–Kier alpha value is -2.93. The van der Waals surface area contributed by atoms with E-state index < -0.39 is 0 Å². The molecule has 0 saturated carbocycles. The number of benzene rings is 1. The van der Waals surface area contributed by atoms with Gasteiger partial charge in [0.25, 0.3) is 0 Å². The van der Waals surface area contributed by atoms with E-state index in [1.165, 1.54) is 11.8 Å². The fourth-order valence-electron chi connectivity index (χ4n) is 2.71. The van der Waals surface area contributed by atoms with E-state index in [9.17, 15) is 5.26 Å². The van der Waals surface area contributed by atoms with Crippen molar-refractivity contribution in [2.75, 3.05) is 7.05 Å². The highest BCUT2D eigenvalue weighted by molar-refractivity contribution is 5.69. The Balaban J connectivity index is 3.19. The summed E-state index contributed by atoms with van der Waals surface area (Å²) < 4.78 is 0. The number of nitrogens with one attached hydrogen (secondary N) is 2. The van der Waals surface area contributed by atoms with Gasteiger partial charge in [-0.1, -0.05) is 45.4 Å². The van der Waals surface area contributed by atoms with Crippen molar-refractivity contribution in [3.63, 3.8) is 0 Å². The third kappa shape index (κ3) is 8.64. The van der Waals surface area contributed by atoms with Crippen molar-refractivity contribution >= 4 is 18.5 Å². The summed E-state index contributed by atoms with van der Waals surface area (Å²) in [5.41, 5.74) is 4.87. The van der Waals surface area contributed by atoms with E-state index in [1.807, 2.05) is 37.7 Å². The van der Waals surface area contributed by atoms with Gasteiger partial charge < -0.3 is 10.7 Å². The number of nitrogens with zero attached hydrogens (tertiary/aromatic N) is 2. The third-order valence-corrected chi connectivity index (χ3v) is 4.14. The molecule has 28 heavy (non-hydrogen) atoms. The van der Waals surface area contributed by atoms with Crippen molar-refractivity contribution in [2.45, 2.75) is 46.5 Å². The van der Waals surface area contributed by atoms with Crippen LogP contribution in [0.1, 0.15) is 56.7 Å². The fraction of sp³-hybridized carbons (Fsp3) is 0.375. The lowest BCUT2D eigenvalue weighted by Crippen LogP contribution is -2.09. The molecule has 4 heteroatoms. The van der Waals surface area contributed by atoms with Crippen LogP contribution < -0.4 is 5.32 Å². The molecule has 2 N–H and O–H groups in total. The maximum absolute atomic E-state index is 9.25. The molecule has 0 saturated heterocycles. The van der Waals surface area contributed by atoms with Crippen molar-refractivity contribution in [1.82, 2.24) is 5.32 Å². The summed E-state index contributed by atoms with van der Waals surface area (Å²) in [6.45, 7) is 6.54. The van der Waals surface area contributed by atoms with Gasteiger partial charge in [0.2, 0.25) is 0 Å². The quantitative estimate of drug-likeness (QED) is 0.386. The predicted molar refractivity (Wildman–Crippen MR) is 121 cm³/mol. The molecule has 0 spiro atoms. The van der Waals surface area contributed by atoms with Gasteiger partial charge in [0.15, 0.2) is 0 Å². The predicted octanol–water partition coefficient (Wildman–Crippen LogP) is 5.67. The molecule has 1 aromatic carbocycles. The normalized spacial score (nSPS) is 12.7. The number of hydrogen-bond donors (Lipinski definition) is 2. The summed E-state index contributed by atoms with van der Waals surface area (Å²) in [5, 5.41) is 19.7. The highest BCUT2D eigenvalue weighted by atomic mass is 14.8. The van der Waals surface area contributed by atoms with Crippen LogP contribution >= 0.6 is 0 Å². The van der Waals surface area contributed by atoms with Crippen LogP contribution in [0.4, 0.5) is 0 Å². The van der Waals surface area contributed by atoms with Crippen LogP contribution in [-0.4, -0.2) is 19.5 Å². The Bertz CT molecular complexity index is 789. The van der Waals surface area contributed by atoms with Gasteiger partial charge >= 0.3 is 0 Å². The second kappa shape index (κ2) is 13.3. The molecule has 0 atom stereocenters. The van der Waals surface area contributed by atoms with Gasteiger partial charge in [0, 0.05) is 37.8 Å². The highest BCUT2D eigenvalue weighted by Crippen LogP contribution is 2.19. The summed E-state index contributed by atoms with van der Waals surface area (Å²) in [7, 11) is 1.84. The molecule has 0 heterocycles. The molecule has 1 aromatic rings. The number of allylic oxidation sites excluding steroid dienone is 4. The molecule has 0 radical (unpaired) electrons. The van der Waals surface area contributed by atoms with Gasteiger partial charge in [-0.05, 0) is 53.7 Å². The Kier molecular flexibility index (Phi) is 11.0. The topological polar surface area (TPSA) is 72.0 Å². The number of unbranched alkanes of at least 4 members (excludes halogenated alkanes) is 1. The minimum Gasteiger partial charge on any atom is -0.391 e. The molecule has 0 amide bonds. The van der Waals surface area contributed by atoms with Crippen LogP contribution in [0.5, 0.6) is 0 Å². The van der Waals surface area contributed by atoms with Gasteiger partial charge in [-0.3, -0.25) is 4.99 Å². The van der Waals surface area contributed by atoms with Crippen LogP contribution in [0, 0.1) is 22.7 Å². The van der Waals surface area contributed by atoms with Crippen LogP contribution in [0.15, 0.2) is 52.8 Å². The van der Waals surface area contributed by atoms with Gasteiger partial charge in [-0.2, -0.15) is 5.26 Å². The second-order valence-corrected chi connectivity index (χ2v) is 7.07. The minimum atomic E-state index is 0.545. The monoisotopic (exact) mass is 376 g/mol. The van der Waals surface area contributed by atoms with Crippen molar-refractivity contribution < 1.29 is 0 Å². The molecule has 4 nitrogen and oxygen atoms in total. The van der Waals surface area contributed by atoms with Crippen LogP contribution in [0.2, 0.25) is 0 Å². The molecule has 0 aromatic heterocycles. The number of aliphatic imine (C=N–C) groups is 1. The zero-order chi connectivity index (χ0) is 20.8.